The molecule has 0 aliphatic carbocycles. The lowest BCUT2D eigenvalue weighted by Gasteiger charge is -2.15. The number of carbonyl (C=O) groups excluding carboxylic acids is 3. The standard InChI is InChI=1S/C11H20N4O6S/c1-5(16)9(12)10(19)14-2-7(17)13-3-8(18)15-6(4-22)11(20)21/h5-6,9,16,22H,2-4,12H2,1H3,(H,13,17)(H,14,19)(H,15,18)(H,20,21). The summed E-state index contributed by atoms with van der Waals surface area (Å²) in [6, 6.07) is -2.32. The normalized spacial score (nSPS) is 14.4. The van der Waals surface area contributed by atoms with Crippen molar-refractivity contribution in [1.82, 2.24) is 16.0 Å². The smallest absolute Gasteiger partial charge is 0.327 e. The van der Waals surface area contributed by atoms with Gasteiger partial charge in [-0.25, -0.2) is 4.79 Å². The predicted molar refractivity (Wildman–Crippen MR) is 79.1 cm³/mol. The maximum atomic E-state index is 11.4. The van der Waals surface area contributed by atoms with E-state index in [1.54, 1.807) is 0 Å². The number of amides is 3. The van der Waals surface area contributed by atoms with Crippen molar-refractivity contribution in [3.8, 4) is 0 Å². The van der Waals surface area contributed by atoms with E-state index in [1.807, 2.05) is 0 Å². The second kappa shape index (κ2) is 9.97. The van der Waals surface area contributed by atoms with Crippen LogP contribution in [-0.4, -0.2) is 70.9 Å². The predicted octanol–water partition coefficient (Wildman–Crippen LogP) is -3.57. The van der Waals surface area contributed by atoms with Crippen LogP contribution in [0, 0.1) is 0 Å². The molecule has 0 saturated heterocycles. The molecule has 0 aliphatic rings. The van der Waals surface area contributed by atoms with Gasteiger partial charge in [0.2, 0.25) is 17.7 Å². The Bertz CT molecular complexity index is 431. The summed E-state index contributed by atoms with van der Waals surface area (Å²) in [7, 11) is 0. The number of aliphatic carboxylic acids is 1. The van der Waals surface area contributed by atoms with Crippen molar-refractivity contribution in [3.05, 3.63) is 0 Å². The van der Waals surface area contributed by atoms with Gasteiger partial charge in [-0.05, 0) is 6.92 Å². The van der Waals surface area contributed by atoms with Crippen molar-refractivity contribution < 1.29 is 29.4 Å². The number of nitrogens with one attached hydrogen (secondary N) is 3. The Morgan fingerprint density at radius 3 is 2.14 bits per heavy atom. The third-order valence-electron chi connectivity index (χ3n) is 2.51. The van der Waals surface area contributed by atoms with Gasteiger partial charge in [0.05, 0.1) is 19.2 Å². The molecular formula is C11H20N4O6S. The fraction of sp³-hybridized carbons (Fsp3) is 0.636. The zero-order chi connectivity index (χ0) is 17.3. The number of aliphatic hydroxyl groups is 1. The number of nitrogens with two attached hydrogens (primary N) is 1. The molecule has 126 valence electrons. The van der Waals surface area contributed by atoms with Gasteiger partial charge in [0.15, 0.2) is 0 Å². The van der Waals surface area contributed by atoms with E-state index in [9.17, 15) is 19.2 Å². The SMILES string of the molecule is CC(O)C(N)C(=O)NCC(=O)NCC(=O)NC(CS)C(=O)O. The minimum Gasteiger partial charge on any atom is -0.480 e. The van der Waals surface area contributed by atoms with Gasteiger partial charge in [0, 0.05) is 5.75 Å². The van der Waals surface area contributed by atoms with Crippen LogP contribution in [0.3, 0.4) is 0 Å². The number of carboxylic acid groups (broad SMARTS) is 1. The van der Waals surface area contributed by atoms with Crippen LogP contribution in [0.2, 0.25) is 0 Å². The Hall–Kier alpha value is -1.85. The van der Waals surface area contributed by atoms with Crippen molar-refractivity contribution in [1.29, 1.82) is 0 Å². The van der Waals surface area contributed by atoms with E-state index in [4.69, 9.17) is 15.9 Å². The fourth-order valence-electron chi connectivity index (χ4n) is 1.18. The Balaban J connectivity index is 4.06. The van der Waals surface area contributed by atoms with E-state index in [-0.39, 0.29) is 5.75 Å². The summed E-state index contributed by atoms with van der Waals surface area (Å²) in [5, 5.41) is 24.3. The lowest BCUT2D eigenvalue weighted by atomic mass is 10.2. The van der Waals surface area contributed by atoms with E-state index >= 15 is 0 Å². The fourth-order valence-corrected chi connectivity index (χ4v) is 1.42. The number of rotatable bonds is 9. The van der Waals surface area contributed by atoms with Gasteiger partial charge < -0.3 is 31.9 Å². The van der Waals surface area contributed by atoms with Crippen LogP contribution in [0.15, 0.2) is 0 Å². The molecular weight excluding hydrogens is 316 g/mol. The van der Waals surface area contributed by atoms with E-state index in [0.717, 1.165) is 0 Å². The van der Waals surface area contributed by atoms with Crippen LogP contribution in [0.5, 0.6) is 0 Å². The maximum absolute atomic E-state index is 11.4. The van der Waals surface area contributed by atoms with Gasteiger partial charge in [0.25, 0.3) is 0 Å². The Morgan fingerprint density at radius 1 is 1.14 bits per heavy atom. The summed E-state index contributed by atoms with van der Waals surface area (Å²) in [6.45, 7) is 0.450. The van der Waals surface area contributed by atoms with E-state index in [0.29, 0.717) is 0 Å². The lowest BCUT2D eigenvalue weighted by molar-refractivity contribution is -0.141. The monoisotopic (exact) mass is 336 g/mol. The van der Waals surface area contributed by atoms with Gasteiger partial charge in [-0.3, -0.25) is 14.4 Å². The first-order valence-corrected chi connectivity index (χ1v) is 6.93. The van der Waals surface area contributed by atoms with Crippen molar-refractivity contribution >= 4 is 36.3 Å². The second-order valence-electron chi connectivity index (χ2n) is 4.40. The Labute approximate surface area is 132 Å². The Kier molecular flexibility index (Phi) is 9.13. The topological polar surface area (TPSA) is 171 Å². The molecule has 0 radical (unpaired) electrons. The van der Waals surface area contributed by atoms with Gasteiger partial charge in [-0.1, -0.05) is 0 Å². The minimum atomic E-state index is -1.24. The van der Waals surface area contributed by atoms with Crippen molar-refractivity contribution in [2.45, 2.75) is 25.1 Å². The molecule has 0 bridgehead atoms. The molecule has 10 nitrogen and oxygen atoms in total. The van der Waals surface area contributed by atoms with Gasteiger partial charge in [-0.2, -0.15) is 12.6 Å². The van der Waals surface area contributed by atoms with E-state index < -0.39 is 55.0 Å². The van der Waals surface area contributed by atoms with Crippen LogP contribution in [0.25, 0.3) is 0 Å². The molecule has 0 aliphatic heterocycles. The van der Waals surface area contributed by atoms with Crippen LogP contribution in [0.4, 0.5) is 0 Å². The Morgan fingerprint density at radius 2 is 1.68 bits per heavy atom. The van der Waals surface area contributed by atoms with Crippen LogP contribution in [-0.2, 0) is 19.2 Å². The molecule has 3 unspecified atom stereocenters. The molecule has 0 heterocycles. The molecule has 0 fully saturated rings. The molecule has 7 N–H and O–H groups in total. The molecule has 0 aromatic carbocycles. The summed E-state index contributed by atoms with van der Waals surface area (Å²) in [6.07, 6.45) is -1.07. The summed E-state index contributed by atoms with van der Waals surface area (Å²) in [4.78, 5) is 44.8. The van der Waals surface area contributed by atoms with Crippen molar-refractivity contribution in [3.63, 3.8) is 0 Å². The molecule has 3 amide bonds. The largest absolute Gasteiger partial charge is 0.480 e. The molecule has 0 rings (SSSR count). The number of hydrogen-bond donors (Lipinski definition) is 7. The number of thiol groups is 1. The van der Waals surface area contributed by atoms with E-state index in [2.05, 4.69) is 28.6 Å². The van der Waals surface area contributed by atoms with Gasteiger partial charge in [-0.15, -0.1) is 0 Å². The third kappa shape index (κ3) is 7.81. The molecule has 0 aromatic rings. The maximum Gasteiger partial charge on any atom is 0.327 e. The molecule has 0 saturated carbocycles. The van der Waals surface area contributed by atoms with E-state index in [1.165, 1.54) is 6.92 Å². The number of aliphatic hydroxyl groups excluding tert-OH is 1. The zero-order valence-corrected chi connectivity index (χ0v) is 12.8. The quantitative estimate of drug-likeness (QED) is 0.213. The molecule has 22 heavy (non-hydrogen) atoms. The minimum absolute atomic E-state index is 0.0949. The summed E-state index contributed by atoms with van der Waals surface area (Å²) >= 11 is 3.77. The van der Waals surface area contributed by atoms with Crippen LogP contribution < -0.4 is 21.7 Å². The molecule has 0 aromatic heterocycles. The highest BCUT2D eigenvalue weighted by Crippen LogP contribution is 1.88. The summed E-state index contributed by atoms with van der Waals surface area (Å²) < 4.78 is 0. The average Bonchev–Trinajstić information content (AvgIpc) is 2.46. The third-order valence-corrected chi connectivity index (χ3v) is 2.87. The highest BCUT2D eigenvalue weighted by Gasteiger charge is 2.20. The highest BCUT2D eigenvalue weighted by atomic mass is 32.1. The first-order valence-electron chi connectivity index (χ1n) is 6.30. The van der Waals surface area contributed by atoms with Gasteiger partial charge >= 0.3 is 5.97 Å². The van der Waals surface area contributed by atoms with Gasteiger partial charge in [0.1, 0.15) is 12.1 Å². The number of carbonyl (C=O) groups is 4. The first kappa shape index (κ1) is 20.1. The molecule has 3 atom stereocenters. The molecule has 11 heteroatoms. The number of hydrogen-bond acceptors (Lipinski definition) is 7. The average molecular weight is 336 g/mol. The van der Waals surface area contributed by atoms with Crippen molar-refractivity contribution in [2.75, 3.05) is 18.8 Å². The second-order valence-corrected chi connectivity index (χ2v) is 4.77. The lowest BCUT2D eigenvalue weighted by Crippen LogP contribution is -2.51. The van der Waals surface area contributed by atoms with Crippen LogP contribution in [0.1, 0.15) is 6.92 Å². The molecule has 0 spiro atoms. The summed E-state index contributed by atoms with van der Waals surface area (Å²) in [5.41, 5.74) is 5.35. The number of carboxylic acids is 1. The summed E-state index contributed by atoms with van der Waals surface area (Å²) in [5.74, 6) is -3.42. The van der Waals surface area contributed by atoms with Crippen LogP contribution >= 0.6 is 12.6 Å². The highest BCUT2D eigenvalue weighted by molar-refractivity contribution is 7.80. The van der Waals surface area contributed by atoms with Crippen molar-refractivity contribution in [2.24, 2.45) is 5.73 Å². The first-order chi connectivity index (χ1) is 10.2. The zero-order valence-electron chi connectivity index (χ0n) is 11.9.